The van der Waals surface area contributed by atoms with Gasteiger partial charge in [-0.3, -0.25) is 0 Å². The van der Waals surface area contributed by atoms with Gasteiger partial charge in [-0.15, -0.1) is 0 Å². The van der Waals surface area contributed by atoms with Crippen molar-refractivity contribution < 1.29 is 62.7 Å². The molecule has 3 N–H and O–H groups in total. The van der Waals surface area contributed by atoms with E-state index in [4.69, 9.17) is 52.5 Å². The van der Waals surface area contributed by atoms with Gasteiger partial charge in [0.05, 0.1) is 95.1 Å². The fourth-order valence-corrected chi connectivity index (χ4v) is 11.9. The summed E-state index contributed by atoms with van der Waals surface area (Å²) in [5.41, 5.74) is 4.66. The van der Waals surface area contributed by atoms with Crippen LogP contribution < -0.4 is 0 Å². The molecule has 10 rings (SSSR count). The molecule has 6 saturated heterocycles. The van der Waals surface area contributed by atoms with Crippen molar-refractivity contribution in [3.05, 3.63) is 144 Å². The summed E-state index contributed by atoms with van der Waals surface area (Å²) in [7, 11) is 0. The molecule has 78 heavy (non-hydrogen) atoms. The molecular formula is C65H94O13. The Morgan fingerprint density at radius 1 is 0.423 bits per heavy atom. The van der Waals surface area contributed by atoms with Crippen LogP contribution in [0.15, 0.2) is 121 Å². The summed E-state index contributed by atoms with van der Waals surface area (Å²) in [6.45, 7) is 6.99. The Bertz CT molecular complexity index is 2030. The number of benzene rings is 4. The minimum Gasteiger partial charge on any atom is -0.394 e. The summed E-state index contributed by atoms with van der Waals surface area (Å²) in [6.07, 6.45) is 16.2. The fourth-order valence-electron chi connectivity index (χ4n) is 11.9. The van der Waals surface area contributed by atoms with Crippen molar-refractivity contribution in [2.24, 2.45) is 0 Å². The molecular weight excluding hydrogens is 989 g/mol. The van der Waals surface area contributed by atoms with E-state index in [1.54, 1.807) is 0 Å². The van der Waals surface area contributed by atoms with Crippen LogP contribution in [0.5, 0.6) is 0 Å². The maximum Gasteiger partial charge on any atom is 0.173 e. The first-order chi connectivity index (χ1) is 37.7. The first-order valence-corrected chi connectivity index (χ1v) is 29.2. The molecule has 6 aliphatic rings. The van der Waals surface area contributed by atoms with Gasteiger partial charge in [-0.2, -0.15) is 0 Å². The number of aliphatic hydroxyl groups excluding tert-OH is 3. The van der Waals surface area contributed by atoms with Gasteiger partial charge in [0, 0.05) is 51.7 Å². The SMILES string of the molecule is C.CCC1CCCC2(CCCC(CO)O2)O1.OC1CC(CCOCc2ccccc2)OC2(C1)CC(O)CC(CCOCc1ccccc1)O2.c1ccc(COCC2CCCC3(CCCC(COCc4ccccc4)O3)O2)cc1. The van der Waals surface area contributed by atoms with Crippen LogP contribution in [-0.2, 0) is 73.8 Å². The zero-order valence-corrected chi connectivity index (χ0v) is 45.9. The van der Waals surface area contributed by atoms with Crippen molar-refractivity contribution in [3.63, 3.8) is 0 Å². The molecule has 6 aliphatic heterocycles. The third-order valence-corrected chi connectivity index (χ3v) is 15.7. The van der Waals surface area contributed by atoms with Gasteiger partial charge in [-0.1, -0.05) is 136 Å². The van der Waals surface area contributed by atoms with E-state index in [2.05, 4.69) is 31.2 Å². The maximum absolute atomic E-state index is 10.5. The van der Waals surface area contributed by atoms with Crippen LogP contribution in [0, 0.1) is 0 Å². The Balaban J connectivity index is 0.000000179. The molecule has 9 atom stereocenters. The van der Waals surface area contributed by atoms with E-state index >= 15 is 0 Å². The number of ether oxygens (including phenoxy) is 10. The lowest BCUT2D eigenvalue weighted by Gasteiger charge is -2.48. The molecule has 4 aromatic carbocycles. The van der Waals surface area contributed by atoms with Crippen LogP contribution in [0.3, 0.4) is 0 Å². The van der Waals surface area contributed by atoms with Crippen LogP contribution in [0.25, 0.3) is 0 Å². The average Bonchev–Trinajstić information content (AvgIpc) is 3.45. The molecule has 3 spiro atoms. The van der Waals surface area contributed by atoms with Gasteiger partial charge in [-0.05, 0) is 106 Å². The van der Waals surface area contributed by atoms with Crippen LogP contribution in [-0.4, -0.2) is 115 Å². The zero-order valence-electron chi connectivity index (χ0n) is 45.9. The van der Waals surface area contributed by atoms with Crippen molar-refractivity contribution in [1.29, 1.82) is 0 Å². The normalized spacial score (nSPS) is 30.8. The molecule has 0 aliphatic carbocycles. The summed E-state index contributed by atoms with van der Waals surface area (Å²) < 4.78 is 61.1. The van der Waals surface area contributed by atoms with Gasteiger partial charge in [0.2, 0.25) is 0 Å². The predicted molar refractivity (Wildman–Crippen MR) is 301 cm³/mol. The minimum atomic E-state index is -0.941. The highest BCUT2D eigenvalue weighted by atomic mass is 16.7. The third-order valence-electron chi connectivity index (χ3n) is 15.7. The lowest BCUT2D eigenvalue weighted by atomic mass is 9.88. The number of hydrogen-bond acceptors (Lipinski definition) is 13. The summed E-state index contributed by atoms with van der Waals surface area (Å²) >= 11 is 0. The monoisotopic (exact) mass is 1080 g/mol. The molecule has 6 heterocycles. The standard InChI is InChI=1S/C27H36O6.C25H32O4.C12H22O3.CH4/c28-23-15-25(11-13-30-19-21-7-3-1-4-8-21)32-27(17-23)18-24(29)16-26(33-27)12-14-31-20-22-9-5-2-6-10-22;1-3-9-21(10-4-1)17-26-19-23-13-7-15-25(28-23)16-8-14-24(29-25)20-27-18-22-11-5-2-6-12-22;1-2-10-5-3-7-12(14-10)8-4-6-11(9-13)15-12;/h1-10,23-26,28-29H,11-20H2;1-6,9-12,23-24H,7-8,13-20H2;10-11,13H,2-9H2,1H3;1H4. The van der Waals surface area contributed by atoms with Crippen LogP contribution in [0.2, 0.25) is 0 Å². The number of hydrogen-bond donors (Lipinski definition) is 3. The highest BCUT2D eigenvalue weighted by Gasteiger charge is 2.48. The van der Waals surface area contributed by atoms with E-state index in [-0.39, 0.29) is 50.3 Å². The molecule has 0 bridgehead atoms. The average molecular weight is 1080 g/mol. The fraction of sp³-hybridized carbons (Fsp3) is 0.631. The first-order valence-electron chi connectivity index (χ1n) is 29.2. The van der Waals surface area contributed by atoms with Crippen molar-refractivity contribution in [2.45, 2.75) is 229 Å². The molecule has 0 aromatic heterocycles. The molecule has 9 unspecified atom stereocenters. The molecule has 13 heteroatoms. The Hall–Kier alpha value is -3.64. The van der Waals surface area contributed by atoms with Gasteiger partial charge >= 0.3 is 0 Å². The van der Waals surface area contributed by atoms with Gasteiger partial charge in [0.15, 0.2) is 17.4 Å². The lowest BCUT2D eigenvalue weighted by Crippen LogP contribution is -2.55. The van der Waals surface area contributed by atoms with Crippen molar-refractivity contribution in [3.8, 4) is 0 Å². The predicted octanol–water partition coefficient (Wildman–Crippen LogP) is 12.1. The summed E-state index contributed by atoms with van der Waals surface area (Å²) in [6, 6.07) is 40.7. The highest BCUT2D eigenvalue weighted by Crippen LogP contribution is 2.43. The largest absolute Gasteiger partial charge is 0.394 e. The topological polar surface area (TPSA) is 153 Å². The molecule has 0 amide bonds. The number of aliphatic hydroxyl groups is 3. The Morgan fingerprint density at radius 2 is 0.744 bits per heavy atom. The van der Waals surface area contributed by atoms with Gasteiger partial charge in [0.1, 0.15) is 0 Å². The molecule has 432 valence electrons. The minimum absolute atomic E-state index is 0. The molecule has 6 fully saturated rings. The summed E-state index contributed by atoms with van der Waals surface area (Å²) in [5, 5.41) is 30.2. The Kier molecular flexibility index (Phi) is 26.0. The summed E-state index contributed by atoms with van der Waals surface area (Å²) in [5.74, 6) is -1.74. The molecule has 4 aromatic rings. The van der Waals surface area contributed by atoms with E-state index in [0.717, 1.165) is 88.2 Å². The smallest absolute Gasteiger partial charge is 0.173 e. The van der Waals surface area contributed by atoms with Gasteiger partial charge < -0.3 is 62.7 Å². The van der Waals surface area contributed by atoms with Crippen molar-refractivity contribution in [2.75, 3.05) is 33.0 Å². The van der Waals surface area contributed by atoms with Gasteiger partial charge in [-0.25, -0.2) is 0 Å². The first kappa shape index (κ1) is 62.0. The third kappa shape index (κ3) is 20.4. The van der Waals surface area contributed by atoms with E-state index in [1.165, 1.54) is 17.5 Å². The van der Waals surface area contributed by atoms with Crippen LogP contribution in [0.1, 0.15) is 159 Å². The lowest BCUT2D eigenvalue weighted by molar-refractivity contribution is -0.340. The highest BCUT2D eigenvalue weighted by molar-refractivity contribution is 5.15. The number of rotatable bonds is 20. The van der Waals surface area contributed by atoms with Gasteiger partial charge in [0.25, 0.3) is 0 Å². The Morgan fingerprint density at radius 3 is 1.12 bits per heavy atom. The zero-order chi connectivity index (χ0) is 53.4. The molecule has 0 radical (unpaired) electrons. The second-order valence-corrected chi connectivity index (χ2v) is 22.2. The van der Waals surface area contributed by atoms with Crippen molar-refractivity contribution in [1.82, 2.24) is 0 Å². The van der Waals surface area contributed by atoms with E-state index in [9.17, 15) is 10.2 Å². The maximum atomic E-state index is 10.5. The second kappa shape index (κ2) is 32.7. The van der Waals surface area contributed by atoms with Crippen LogP contribution in [0.4, 0.5) is 0 Å². The van der Waals surface area contributed by atoms with E-state index in [1.807, 2.05) is 97.1 Å². The summed E-state index contributed by atoms with van der Waals surface area (Å²) in [4.78, 5) is 0. The molecule has 0 saturated carbocycles. The Labute approximate surface area is 466 Å². The quantitative estimate of drug-likeness (QED) is 0.0721. The van der Waals surface area contributed by atoms with Crippen LogP contribution >= 0.6 is 0 Å². The second-order valence-electron chi connectivity index (χ2n) is 22.2. The van der Waals surface area contributed by atoms with E-state index in [0.29, 0.717) is 97.5 Å². The van der Waals surface area contributed by atoms with E-state index < -0.39 is 23.8 Å². The van der Waals surface area contributed by atoms with Crippen molar-refractivity contribution >= 4 is 0 Å². The molecule has 13 nitrogen and oxygen atoms in total.